The lowest BCUT2D eigenvalue weighted by molar-refractivity contribution is 0.477. The van der Waals surface area contributed by atoms with Crippen molar-refractivity contribution in [2.75, 3.05) is 11.4 Å². The second-order valence-corrected chi connectivity index (χ2v) is 5.38. The summed E-state index contributed by atoms with van der Waals surface area (Å²) in [6, 6.07) is 0.547. The van der Waals surface area contributed by atoms with E-state index < -0.39 is 0 Å². The largest absolute Gasteiger partial charge is 0.352 e. The second-order valence-electron chi connectivity index (χ2n) is 5.38. The Morgan fingerprint density at radius 3 is 2.53 bits per heavy atom. The van der Waals surface area contributed by atoms with Crippen molar-refractivity contribution in [3.63, 3.8) is 0 Å². The normalized spacial score (nSPS) is 19.8. The molecule has 0 saturated carbocycles. The number of aryl methyl sites for hydroxylation is 1. The van der Waals surface area contributed by atoms with Gasteiger partial charge in [-0.15, -0.1) is 5.10 Å². The van der Waals surface area contributed by atoms with Crippen molar-refractivity contribution in [1.82, 2.24) is 10.2 Å². The molecule has 0 aliphatic carbocycles. The lowest BCUT2D eigenvalue weighted by atomic mass is 9.99. The number of anilines is 1. The van der Waals surface area contributed by atoms with Crippen LogP contribution in [0, 0.1) is 0 Å². The van der Waals surface area contributed by atoms with Crippen LogP contribution in [-0.4, -0.2) is 22.8 Å². The van der Waals surface area contributed by atoms with Gasteiger partial charge in [-0.05, 0) is 44.6 Å². The van der Waals surface area contributed by atoms with Crippen molar-refractivity contribution in [3.05, 3.63) is 16.8 Å². The second kappa shape index (κ2) is 6.33. The van der Waals surface area contributed by atoms with E-state index in [1.165, 1.54) is 30.4 Å². The number of nitrogens with zero attached hydrogens (tertiary/aromatic N) is 3. The molecule has 0 radical (unpaired) electrons. The summed E-state index contributed by atoms with van der Waals surface area (Å²) in [6.45, 7) is 8.23. The molecule has 1 aliphatic rings. The summed E-state index contributed by atoms with van der Waals surface area (Å²) in [5.74, 6) is 1.03. The first-order valence-electron chi connectivity index (χ1n) is 7.56. The molecule has 2 heterocycles. The molecule has 19 heavy (non-hydrogen) atoms. The fourth-order valence-corrected chi connectivity index (χ4v) is 3.10. The monoisotopic (exact) mass is 262 g/mol. The number of hydrogen-bond acceptors (Lipinski definition) is 4. The molecule has 4 nitrogen and oxygen atoms in total. The quantitative estimate of drug-likeness (QED) is 0.905. The van der Waals surface area contributed by atoms with Crippen LogP contribution in [0.3, 0.4) is 0 Å². The van der Waals surface area contributed by atoms with E-state index in [0.717, 1.165) is 30.9 Å². The smallest absolute Gasteiger partial charge is 0.156 e. The van der Waals surface area contributed by atoms with Crippen LogP contribution in [0.2, 0.25) is 0 Å². The van der Waals surface area contributed by atoms with E-state index in [-0.39, 0.29) is 0 Å². The summed E-state index contributed by atoms with van der Waals surface area (Å²) in [4.78, 5) is 2.40. The SMILES string of the molecule is CCc1nnc(N2CCCCC2C)c(CN)c1CC. The molecule has 1 aromatic rings. The molecule has 0 aromatic carbocycles. The Balaban J connectivity index is 2.44. The highest BCUT2D eigenvalue weighted by Crippen LogP contribution is 2.28. The number of hydrogen-bond donors (Lipinski definition) is 1. The van der Waals surface area contributed by atoms with Gasteiger partial charge in [-0.25, -0.2) is 0 Å². The van der Waals surface area contributed by atoms with Gasteiger partial charge < -0.3 is 10.6 Å². The van der Waals surface area contributed by atoms with Crippen molar-refractivity contribution in [2.45, 2.75) is 65.5 Å². The first kappa shape index (κ1) is 14.3. The van der Waals surface area contributed by atoms with Gasteiger partial charge in [0.05, 0.1) is 5.69 Å². The van der Waals surface area contributed by atoms with E-state index in [4.69, 9.17) is 5.73 Å². The minimum atomic E-state index is 0.547. The van der Waals surface area contributed by atoms with Gasteiger partial charge in [0.1, 0.15) is 0 Å². The molecular formula is C15H26N4. The Kier molecular flexibility index (Phi) is 4.75. The van der Waals surface area contributed by atoms with E-state index >= 15 is 0 Å². The van der Waals surface area contributed by atoms with Gasteiger partial charge in [0.2, 0.25) is 0 Å². The number of piperidine rings is 1. The summed E-state index contributed by atoms with van der Waals surface area (Å²) in [7, 11) is 0. The van der Waals surface area contributed by atoms with E-state index in [9.17, 15) is 0 Å². The van der Waals surface area contributed by atoms with Crippen molar-refractivity contribution < 1.29 is 0 Å². The summed E-state index contributed by atoms with van der Waals surface area (Å²) in [5.41, 5.74) is 9.64. The molecule has 1 aromatic heterocycles. The summed E-state index contributed by atoms with van der Waals surface area (Å²) in [6.07, 6.45) is 5.71. The molecule has 106 valence electrons. The van der Waals surface area contributed by atoms with Gasteiger partial charge in [-0.2, -0.15) is 5.10 Å². The standard InChI is InChI=1S/C15H26N4/c1-4-12-13(10-16)15(18-17-14(12)5-2)19-9-7-6-8-11(19)3/h11H,4-10,16H2,1-3H3. The predicted octanol–water partition coefficient (Wildman–Crippen LogP) is 2.44. The molecule has 0 bridgehead atoms. The molecular weight excluding hydrogens is 236 g/mol. The van der Waals surface area contributed by atoms with Crippen LogP contribution in [-0.2, 0) is 19.4 Å². The van der Waals surface area contributed by atoms with Gasteiger partial charge in [-0.1, -0.05) is 13.8 Å². The molecule has 0 amide bonds. The molecule has 1 aliphatic heterocycles. The fourth-order valence-electron chi connectivity index (χ4n) is 3.10. The topological polar surface area (TPSA) is 55.0 Å². The first-order valence-corrected chi connectivity index (χ1v) is 7.56. The highest BCUT2D eigenvalue weighted by Gasteiger charge is 2.24. The first-order chi connectivity index (χ1) is 9.22. The predicted molar refractivity (Wildman–Crippen MR) is 79.3 cm³/mol. The molecule has 1 fully saturated rings. The Hall–Kier alpha value is -1.16. The fraction of sp³-hybridized carbons (Fsp3) is 0.733. The molecule has 2 N–H and O–H groups in total. The summed E-state index contributed by atoms with van der Waals surface area (Å²) < 4.78 is 0. The van der Waals surface area contributed by atoms with Gasteiger partial charge in [-0.3, -0.25) is 0 Å². The van der Waals surface area contributed by atoms with Gasteiger partial charge in [0, 0.05) is 24.7 Å². The maximum absolute atomic E-state index is 6.01. The van der Waals surface area contributed by atoms with Crippen molar-refractivity contribution in [3.8, 4) is 0 Å². The average Bonchev–Trinajstić information content (AvgIpc) is 2.46. The van der Waals surface area contributed by atoms with Crippen LogP contribution in [0.25, 0.3) is 0 Å². The van der Waals surface area contributed by atoms with Crippen molar-refractivity contribution in [1.29, 1.82) is 0 Å². The molecule has 2 rings (SSSR count). The Labute approximate surface area is 116 Å². The molecule has 1 atom stereocenters. The third-order valence-electron chi connectivity index (χ3n) is 4.22. The molecule has 0 spiro atoms. The minimum Gasteiger partial charge on any atom is -0.352 e. The number of nitrogens with two attached hydrogens (primary N) is 1. The summed E-state index contributed by atoms with van der Waals surface area (Å²) >= 11 is 0. The Bertz CT molecular complexity index is 430. The zero-order valence-electron chi connectivity index (χ0n) is 12.4. The Morgan fingerprint density at radius 2 is 1.95 bits per heavy atom. The van der Waals surface area contributed by atoms with Crippen LogP contribution >= 0.6 is 0 Å². The molecule has 4 heteroatoms. The number of aromatic nitrogens is 2. The van der Waals surface area contributed by atoms with E-state index in [1.54, 1.807) is 0 Å². The Morgan fingerprint density at radius 1 is 1.16 bits per heavy atom. The van der Waals surface area contributed by atoms with E-state index in [2.05, 4.69) is 35.9 Å². The third kappa shape index (κ3) is 2.73. The highest BCUT2D eigenvalue weighted by molar-refractivity contribution is 5.52. The van der Waals surface area contributed by atoms with Crippen LogP contribution in [0.1, 0.15) is 56.9 Å². The van der Waals surface area contributed by atoms with Gasteiger partial charge in [0.25, 0.3) is 0 Å². The van der Waals surface area contributed by atoms with Crippen molar-refractivity contribution in [2.24, 2.45) is 5.73 Å². The van der Waals surface area contributed by atoms with Crippen LogP contribution in [0.5, 0.6) is 0 Å². The zero-order chi connectivity index (χ0) is 13.8. The van der Waals surface area contributed by atoms with Crippen molar-refractivity contribution >= 4 is 5.82 Å². The maximum Gasteiger partial charge on any atom is 0.156 e. The van der Waals surface area contributed by atoms with Crippen LogP contribution < -0.4 is 10.6 Å². The van der Waals surface area contributed by atoms with Gasteiger partial charge >= 0.3 is 0 Å². The molecule has 1 unspecified atom stereocenters. The van der Waals surface area contributed by atoms with E-state index in [0.29, 0.717) is 12.6 Å². The lowest BCUT2D eigenvalue weighted by Gasteiger charge is -2.35. The van der Waals surface area contributed by atoms with Gasteiger partial charge in [0.15, 0.2) is 5.82 Å². The third-order valence-corrected chi connectivity index (χ3v) is 4.22. The maximum atomic E-state index is 6.01. The molecule has 1 saturated heterocycles. The van der Waals surface area contributed by atoms with Crippen LogP contribution in [0.15, 0.2) is 0 Å². The highest BCUT2D eigenvalue weighted by atomic mass is 15.3. The average molecular weight is 262 g/mol. The summed E-state index contributed by atoms with van der Waals surface area (Å²) in [5, 5.41) is 8.94. The van der Waals surface area contributed by atoms with E-state index in [1.807, 2.05) is 0 Å². The minimum absolute atomic E-state index is 0.547. The number of rotatable bonds is 4. The van der Waals surface area contributed by atoms with Crippen LogP contribution in [0.4, 0.5) is 5.82 Å². The lowest BCUT2D eigenvalue weighted by Crippen LogP contribution is -2.39. The zero-order valence-corrected chi connectivity index (χ0v) is 12.4.